The molecular weight excluding hydrogens is 404 g/mol. The number of tetrazole rings is 1. The summed E-state index contributed by atoms with van der Waals surface area (Å²) in [6, 6.07) is 21.0. The number of amides is 1. The second-order valence-electron chi connectivity index (χ2n) is 7.46. The first-order chi connectivity index (χ1) is 15.7. The predicted molar refractivity (Wildman–Crippen MR) is 122 cm³/mol. The molecule has 0 fully saturated rings. The molecule has 1 aromatic heterocycles. The molecule has 4 aromatic rings. The molecule has 8 nitrogen and oxygen atoms in total. The van der Waals surface area contributed by atoms with Gasteiger partial charge in [-0.05, 0) is 52.7 Å². The number of nitrogens with one attached hydrogen (secondary N) is 2. The van der Waals surface area contributed by atoms with E-state index in [0.717, 1.165) is 16.3 Å². The average Bonchev–Trinajstić information content (AvgIpc) is 3.27. The number of aromatic nitrogens is 4. The van der Waals surface area contributed by atoms with Gasteiger partial charge in [0, 0.05) is 5.70 Å². The number of allylic oxidation sites excluding steroid dienone is 1. The quantitative estimate of drug-likeness (QED) is 0.498. The summed E-state index contributed by atoms with van der Waals surface area (Å²) in [5.74, 6) is 0.864. The fraction of sp³-hybridized carbons (Fsp3) is 0.167. The second kappa shape index (κ2) is 8.14. The predicted octanol–water partition coefficient (Wildman–Crippen LogP) is 4.15. The van der Waals surface area contributed by atoms with Crippen molar-refractivity contribution in [3.63, 3.8) is 0 Å². The molecule has 3 aromatic carbocycles. The van der Waals surface area contributed by atoms with Crippen LogP contribution in [0.5, 0.6) is 5.75 Å². The van der Waals surface area contributed by atoms with Crippen molar-refractivity contribution in [1.82, 2.24) is 20.2 Å². The normalized spacial score (nSPS) is 15.2. The van der Waals surface area contributed by atoms with Crippen LogP contribution < -0.4 is 15.4 Å². The van der Waals surface area contributed by atoms with Gasteiger partial charge in [0.1, 0.15) is 11.8 Å². The van der Waals surface area contributed by atoms with E-state index in [1.807, 2.05) is 68.4 Å². The van der Waals surface area contributed by atoms with Crippen LogP contribution in [0.3, 0.4) is 0 Å². The van der Waals surface area contributed by atoms with Crippen LogP contribution in [0.1, 0.15) is 25.5 Å². The summed E-state index contributed by atoms with van der Waals surface area (Å²) >= 11 is 0. The topological polar surface area (TPSA) is 94.0 Å². The number of hydrogen-bond donors (Lipinski definition) is 2. The Morgan fingerprint density at radius 2 is 1.88 bits per heavy atom. The van der Waals surface area contributed by atoms with Gasteiger partial charge in [0.25, 0.3) is 5.91 Å². The summed E-state index contributed by atoms with van der Waals surface area (Å²) in [6.45, 7) is 4.27. The number of hydrogen-bond acceptors (Lipinski definition) is 6. The minimum atomic E-state index is -0.494. The van der Waals surface area contributed by atoms with E-state index in [1.54, 1.807) is 4.68 Å². The standard InChI is InChI=1S/C24H22N6O2/c1-3-32-20-14-7-6-13-19(20)26-23(31)21-15(2)25-24-27-28-29-30(24)22(21)18-12-8-10-16-9-4-5-11-17(16)18/h4-14,22H,3H2,1-2H3,(H,26,31)(H,25,27,29). The third kappa shape index (κ3) is 3.35. The number of carbonyl (C=O) groups excluding carboxylic acids is 1. The summed E-state index contributed by atoms with van der Waals surface area (Å²) in [5, 5.41) is 20.4. The van der Waals surface area contributed by atoms with Crippen molar-refractivity contribution in [2.75, 3.05) is 17.2 Å². The van der Waals surface area contributed by atoms with Crippen LogP contribution in [0.25, 0.3) is 10.8 Å². The Labute approximate surface area is 184 Å². The van der Waals surface area contributed by atoms with E-state index in [0.29, 0.717) is 35.3 Å². The summed E-state index contributed by atoms with van der Waals surface area (Å²) in [5.41, 5.74) is 2.78. The van der Waals surface area contributed by atoms with Gasteiger partial charge in [-0.1, -0.05) is 59.7 Å². The highest BCUT2D eigenvalue weighted by Crippen LogP contribution is 2.38. The number of carbonyl (C=O) groups is 1. The highest BCUT2D eigenvalue weighted by atomic mass is 16.5. The summed E-state index contributed by atoms with van der Waals surface area (Å²) in [7, 11) is 0. The van der Waals surface area contributed by atoms with Crippen LogP contribution in [-0.4, -0.2) is 32.7 Å². The van der Waals surface area contributed by atoms with Gasteiger partial charge < -0.3 is 15.4 Å². The molecule has 0 spiro atoms. The number of nitrogens with zero attached hydrogens (tertiary/aromatic N) is 4. The Morgan fingerprint density at radius 3 is 2.75 bits per heavy atom. The lowest BCUT2D eigenvalue weighted by Gasteiger charge is -2.29. The summed E-state index contributed by atoms with van der Waals surface area (Å²) < 4.78 is 7.33. The Morgan fingerprint density at radius 1 is 1.09 bits per heavy atom. The Kier molecular flexibility index (Phi) is 5.03. The lowest BCUT2D eigenvalue weighted by molar-refractivity contribution is -0.113. The number of rotatable bonds is 5. The van der Waals surface area contributed by atoms with E-state index in [1.165, 1.54) is 0 Å². The van der Waals surface area contributed by atoms with Gasteiger partial charge >= 0.3 is 0 Å². The zero-order chi connectivity index (χ0) is 22.1. The highest BCUT2D eigenvalue weighted by molar-refractivity contribution is 6.07. The first-order valence-electron chi connectivity index (χ1n) is 10.4. The van der Waals surface area contributed by atoms with Gasteiger partial charge in [-0.2, -0.15) is 4.68 Å². The zero-order valence-electron chi connectivity index (χ0n) is 17.7. The lowest BCUT2D eigenvalue weighted by Crippen LogP contribution is -2.31. The van der Waals surface area contributed by atoms with Gasteiger partial charge in [0.05, 0.1) is 17.9 Å². The highest BCUT2D eigenvalue weighted by Gasteiger charge is 2.35. The van der Waals surface area contributed by atoms with Crippen LogP contribution in [-0.2, 0) is 4.79 Å². The van der Waals surface area contributed by atoms with E-state index in [-0.39, 0.29) is 5.91 Å². The van der Waals surface area contributed by atoms with Gasteiger partial charge in [-0.15, -0.1) is 0 Å². The molecule has 0 aliphatic carbocycles. The fourth-order valence-electron chi connectivity index (χ4n) is 4.12. The minimum Gasteiger partial charge on any atom is -0.492 e. The molecule has 1 atom stereocenters. The van der Waals surface area contributed by atoms with E-state index in [2.05, 4.69) is 38.3 Å². The van der Waals surface area contributed by atoms with Gasteiger partial charge in [-0.3, -0.25) is 4.79 Å². The molecule has 0 radical (unpaired) electrons. The number of fused-ring (bicyclic) bond motifs is 2. The Bertz CT molecular complexity index is 1340. The molecule has 1 unspecified atom stereocenters. The van der Waals surface area contributed by atoms with Crippen molar-refractivity contribution in [1.29, 1.82) is 0 Å². The Hall–Kier alpha value is -4.20. The average molecular weight is 426 g/mol. The first-order valence-corrected chi connectivity index (χ1v) is 10.4. The summed E-state index contributed by atoms with van der Waals surface area (Å²) in [4.78, 5) is 13.6. The van der Waals surface area contributed by atoms with Crippen molar-refractivity contribution >= 4 is 28.3 Å². The molecule has 5 rings (SSSR count). The van der Waals surface area contributed by atoms with E-state index >= 15 is 0 Å². The SMILES string of the molecule is CCOc1ccccc1NC(=O)C1=C(C)Nc2nnnn2C1c1cccc2ccccc12. The van der Waals surface area contributed by atoms with E-state index < -0.39 is 6.04 Å². The zero-order valence-corrected chi connectivity index (χ0v) is 17.7. The molecule has 2 heterocycles. The molecule has 0 saturated heterocycles. The number of anilines is 2. The van der Waals surface area contributed by atoms with Gasteiger partial charge in [-0.25, -0.2) is 0 Å². The maximum Gasteiger partial charge on any atom is 0.255 e. The van der Waals surface area contributed by atoms with Crippen LogP contribution in [0, 0.1) is 0 Å². The van der Waals surface area contributed by atoms with Crippen molar-refractivity contribution in [3.8, 4) is 5.75 Å². The summed E-state index contributed by atoms with van der Waals surface area (Å²) in [6.07, 6.45) is 0. The molecule has 32 heavy (non-hydrogen) atoms. The van der Waals surface area contributed by atoms with Crippen molar-refractivity contribution in [3.05, 3.63) is 83.6 Å². The second-order valence-corrected chi connectivity index (χ2v) is 7.46. The van der Waals surface area contributed by atoms with Crippen molar-refractivity contribution in [2.24, 2.45) is 0 Å². The molecule has 1 aliphatic heterocycles. The number of para-hydroxylation sites is 2. The largest absolute Gasteiger partial charge is 0.492 e. The van der Waals surface area contributed by atoms with E-state index in [9.17, 15) is 4.79 Å². The molecular formula is C24H22N6O2. The number of benzene rings is 3. The maximum absolute atomic E-state index is 13.6. The van der Waals surface area contributed by atoms with E-state index in [4.69, 9.17) is 4.74 Å². The van der Waals surface area contributed by atoms with Crippen LogP contribution in [0.15, 0.2) is 78.0 Å². The van der Waals surface area contributed by atoms with Crippen molar-refractivity contribution in [2.45, 2.75) is 19.9 Å². The lowest BCUT2D eigenvalue weighted by atomic mass is 9.91. The van der Waals surface area contributed by atoms with Crippen LogP contribution in [0.4, 0.5) is 11.6 Å². The first kappa shape index (κ1) is 19.7. The van der Waals surface area contributed by atoms with Crippen molar-refractivity contribution < 1.29 is 9.53 Å². The van der Waals surface area contributed by atoms with Crippen LogP contribution in [0.2, 0.25) is 0 Å². The number of ether oxygens (including phenoxy) is 1. The monoisotopic (exact) mass is 426 g/mol. The molecule has 8 heteroatoms. The maximum atomic E-state index is 13.6. The Balaban J connectivity index is 1.62. The molecule has 0 saturated carbocycles. The molecule has 2 N–H and O–H groups in total. The smallest absolute Gasteiger partial charge is 0.255 e. The molecule has 1 aliphatic rings. The molecule has 1 amide bonds. The molecule has 0 bridgehead atoms. The fourth-order valence-corrected chi connectivity index (χ4v) is 4.12. The third-order valence-electron chi connectivity index (χ3n) is 5.51. The van der Waals surface area contributed by atoms with Gasteiger partial charge in [0.15, 0.2) is 0 Å². The molecule has 160 valence electrons. The minimum absolute atomic E-state index is 0.249. The van der Waals surface area contributed by atoms with Gasteiger partial charge in [0.2, 0.25) is 5.95 Å². The third-order valence-corrected chi connectivity index (χ3v) is 5.51. The van der Waals surface area contributed by atoms with Crippen LogP contribution >= 0.6 is 0 Å².